The highest BCUT2D eigenvalue weighted by atomic mass is 32.2. The molecule has 176 valence electrons. The number of anilines is 2. The molecule has 2 heterocycles. The van der Waals surface area contributed by atoms with Gasteiger partial charge in [0.1, 0.15) is 23.4 Å². The van der Waals surface area contributed by atoms with Gasteiger partial charge in [-0.2, -0.15) is 0 Å². The molecule has 0 aliphatic carbocycles. The first-order valence-corrected chi connectivity index (χ1v) is 12.0. The van der Waals surface area contributed by atoms with Crippen molar-refractivity contribution in [3.63, 3.8) is 0 Å². The van der Waals surface area contributed by atoms with Gasteiger partial charge in [0.2, 0.25) is 10.0 Å². The fourth-order valence-electron chi connectivity index (χ4n) is 3.34. The summed E-state index contributed by atoms with van der Waals surface area (Å²) in [6.45, 7) is 5.47. The quantitative estimate of drug-likeness (QED) is 0.353. The highest BCUT2D eigenvalue weighted by Crippen LogP contribution is 2.29. The lowest BCUT2D eigenvalue weighted by atomic mass is 10.1. The molecular weight excluding hydrogens is 454 g/mol. The van der Waals surface area contributed by atoms with Gasteiger partial charge in [-0.1, -0.05) is 18.2 Å². The zero-order valence-electron chi connectivity index (χ0n) is 19.2. The van der Waals surface area contributed by atoms with Crippen LogP contribution in [0.15, 0.2) is 65.8 Å². The Bertz CT molecular complexity index is 1470. The number of ether oxygens (including phenoxy) is 1. The number of aromatic nitrogens is 3. The summed E-state index contributed by atoms with van der Waals surface area (Å²) in [4.78, 5) is 24.5. The average Bonchev–Trinajstić information content (AvgIpc) is 3.24. The zero-order chi connectivity index (χ0) is 24.5. The Kier molecular flexibility index (Phi) is 6.11. The third-order valence-electron chi connectivity index (χ3n) is 4.91. The minimum absolute atomic E-state index is 0.138. The molecule has 0 bridgehead atoms. The molecule has 0 aliphatic rings. The Morgan fingerprint density at radius 3 is 2.53 bits per heavy atom. The molecule has 0 spiro atoms. The summed E-state index contributed by atoms with van der Waals surface area (Å²) in [5.41, 5.74) is 2.54. The topological polar surface area (TPSA) is 126 Å². The normalized spacial score (nSPS) is 12.0. The van der Waals surface area contributed by atoms with Crippen LogP contribution in [0.25, 0.3) is 22.3 Å². The fourth-order valence-corrected chi connectivity index (χ4v) is 4.12. The maximum absolute atomic E-state index is 12.5. The molecule has 0 amide bonds. The Labute approximate surface area is 197 Å². The van der Waals surface area contributed by atoms with Gasteiger partial charge >= 0.3 is 5.97 Å². The lowest BCUT2D eigenvalue weighted by molar-refractivity contribution is 0.00695. The number of nitrogens with one attached hydrogen (secondary N) is 3. The molecule has 0 fully saturated rings. The van der Waals surface area contributed by atoms with Gasteiger partial charge in [0, 0.05) is 11.4 Å². The number of benzene rings is 2. The van der Waals surface area contributed by atoms with Crippen LogP contribution in [0.3, 0.4) is 0 Å². The van der Waals surface area contributed by atoms with Crippen molar-refractivity contribution in [2.75, 3.05) is 12.4 Å². The lowest BCUT2D eigenvalue weighted by Gasteiger charge is -2.19. The van der Waals surface area contributed by atoms with E-state index in [2.05, 4.69) is 25.0 Å². The van der Waals surface area contributed by atoms with Gasteiger partial charge in [0.25, 0.3) is 0 Å². The molecule has 0 radical (unpaired) electrons. The van der Waals surface area contributed by atoms with E-state index in [0.29, 0.717) is 28.1 Å². The molecule has 0 unspecified atom stereocenters. The van der Waals surface area contributed by atoms with Crippen molar-refractivity contribution in [1.82, 2.24) is 19.7 Å². The largest absolute Gasteiger partial charge is 0.456 e. The molecule has 2 aromatic heterocycles. The number of carbonyl (C=O) groups is 1. The summed E-state index contributed by atoms with van der Waals surface area (Å²) in [7, 11) is -2.21. The third kappa shape index (κ3) is 5.08. The monoisotopic (exact) mass is 479 g/mol. The van der Waals surface area contributed by atoms with Crippen LogP contribution in [-0.4, -0.2) is 42.0 Å². The number of H-pyrrole nitrogens is 1. The third-order valence-corrected chi connectivity index (χ3v) is 6.32. The number of rotatable bonds is 6. The van der Waals surface area contributed by atoms with Gasteiger partial charge in [-0.15, -0.1) is 0 Å². The SMILES string of the molecule is CNS(=O)(=O)c1cccc(Nc2ncnc3[nH]c(-c4cccc(C(=O)OC(C)(C)C)c4)cc23)c1. The van der Waals surface area contributed by atoms with Crippen molar-refractivity contribution < 1.29 is 17.9 Å². The number of hydrogen-bond donors (Lipinski definition) is 3. The van der Waals surface area contributed by atoms with Crippen LogP contribution in [0, 0.1) is 0 Å². The number of sulfonamides is 1. The van der Waals surface area contributed by atoms with E-state index in [1.807, 2.05) is 32.9 Å². The lowest BCUT2D eigenvalue weighted by Crippen LogP contribution is -2.23. The van der Waals surface area contributed by atoms with Gasteiger partial charge in [-0.25, -0.2) is 27.9 Å². The first-order chi connectivity index (χ1) is 16.1. The Hall–Kier alpha value is -3.76. The van der Waals surface area contributed by atoms with Gasteiger partial charge < -0.3 is 15.0 Å². The van der Waals surface area contributed by atoms with E-state index in [1.165, 1.54) is 25.5 Å². The van der Waals surface area contributed by atoms with Crippen LogP contribution < -0.4 is 10.0 Å². The van der Waals surface area contributed by atoms with Gasteiger partial charge in [0.05, 0.1) is 15.8 Å². The first-order valence-electron chi connectivity index (χ1n) is 10.5. The molecule has 0 aliphatic heterocycles. The van der Waals surface area contributed by atoms with E-state index in [9.17, 15) is 13.2 Å². The molecule has 0 saturated heterocycles. The molecule has 2 aromatic carbocycles. The smallest absolute Gasteiger partial charge is 0.338 e. The standard InChI is InChI=1S/C24H25N5O4S/c1-24(2,3)33-23(30)16-8-5-7-15(11-16)20-13-19-21(26-14-27-22(19)29-20)28-17-9-6-10-18(12-17)34(31,32)25-4/h5-14,25H,1-4H3,(H2,26,27,28,29). The minimum Gasteiger partial charge on any atom is -0.456 e. The Morgan fingerprint density at radius 2 is 1.79 bits per heavy atom. The summed E-state index contributed by atoms with van der Waals surface area (Å²) in [5.74, 6) is 0.110. The van der Waals surface area contributed by atoms with Crippen molar-refractivity contribution >= 4 is 38.5 Å². The van der Waals surface area contributed by atoms with E-state index >= 15 is 0 Å². The molecule has 3 N–H and O–H groups in total. The second-order valence-corrected chi connectivity index (χ2v) is 10.5. The van der Waals surface area contributed by atoms with Crippen molar-refractivity contribution in [2.24, 2.45) is 0 Å². The molecule has 4 rings (SSSR count). The van der Waals surface area contributed by atoms with E-state index < -0.39 is 21.6 Å². The van der Waals surface area contributed by atoms with E-state index in [1.54, 1.807) is 30.3 Å². The fraction of sp³-hybridized carbons (Fsp3) is 0.208. The van der Waals surface area contributed by atoms with Crippen molar-refractivity contribution in [3.8, 4) is 11.3 Å². The van der Waals surface area contributed by atoms with E-state index in [0.717, 1.165) is 11.3 Å². The summed E-state index contributed by atoms with van der Waals surface area (Å²) in [6.07, 6.45) is 1.41. The minimum atomic E-state index is -3.58. The zero-order valence-corrected chi connectivity index (χ0v) is 20.0. The maximum atomic E-state index is 12.5. The molecular formula is C24H25N5O4S. The van der Waals surface area contributed by atoms with Crippen LogP contribution in [0.1, 0.15) is 31.1 Å². The van der Waals surface area contributed by atoms with Crippen LogP contribution >= 0.6 is 0 Å². The van der Waals surface area contributed by atoms with Crippen molar-refractivity contribution in [2.45, 2.75) is 31.3 Å². The van der Waals surface area contributed by atoms with Crippen LogP contribution in [0.5, 0.6) is 0 Å². The van der Waals surface area contributed by atoms with Gasteiger partial charge in [-0.05, 0) is 69.8 Å². The van der Waals surface area contributed by atoms with Crippen molar-refractivity contribution in [1.29, 1.82) is 0 Å². The number of esters is 1. The maximum Gasteiger partial charge on any atom is 0.338 e. The first kappa shape index (κ1) is 23.4. The molecule has 0 atom stereocenters. The summed E-state index contributed by atoms with van der Waals surface area (Å²) < 4.78 is 32.0. The predicted octanol–water partition coefficient (Wildman–Crippen LogP) is 4.23. The molecule has 34 heavy (non-hydrogen) atoms. The summed E-state index contributed by atoms with van der Waals surface area (Å²) in [5, 5.41) is 3.88. The average molecular weight is 480 g/mol. The molecule has 0 saturated carbocycles. The summed E-state index contributed by atoms with van der Waals surface area (Å²) in [6, 6.07) is 15.4. The van der Waals surface area contributed by atoms with Crippen LogP contribution in [-0.2, 0) is 14.8 Å². The van der Waals surface area contributed by atoms with Gasteiger partial charge in [-0.3, -0.25) is 0 Å². The van der Waals surface area contributed by atoms with E-state index in [-0.39, 0.29) is 4.90 Å². The van der Waals surface area contributed by atoms with Gasteiger partial charge in [0.15, 0.2) is 0 Å². The Balaban J connectivity index is 1.67. The molecule has 9 nitrogen and oxygen atoms in total. The molecule has 4 aromatic rings. The number of nitrogens with zero attached hydrogens (tertiary/aromatic N) is 2. The van der Waals surface area contributed by atoms with Crippen molar-refractivity contribution in [3.05, 3.63) is 66.5 Å². The highest BCUT2D eigenvalue weighted by molar-refractivity contribution is 7.89. The molecule has 10 heteroatoms. The van der Waals surface area contributed by atoms with Crippen LogP contribution in [0.2, 0.25) is 0 Å². The van der Waals surface area contributed by atoms with Crippen LogP contribution in [0.4, 0.5) is 11.5 Å². The number of carbonyl (C=O) groups excluding carboxylic acids is 1. The second kappa shape index (κ2) is 8.88. The van der Waals surface area contributed by atoms with E-state index in [4.69, 9.17) is 4.74 Å². The Morgan fingerprint density at radius 1 is 1.03 bits per heavy atom. The number of fused-ring (bicyclic) bond motifs is 1. The second-order valence-electron chi connectivity index (χ2n) is 8.61. The highest BCUT2D eigenvalue weighted by Gasteiger charge is 2.19. The number of aromatic amines is 1. The predicted molar refractivity (Wildman–Crippen MR) is 130 cm³/mol. The summed E-state index contributed by atoms with van der Waals surface area (Å²) >= 11 is 0. The number of hydrogen-bond acceptors (Lipinski definition) is 7.